The van der Waals surface area contributed by atoms with Gasteiger partial charge in [0.25, 0.3) is 0 Å². The van der Waals surface area contributed by atoms with E-state index in [0.717, 1.165) is 12.2 Å². The zero-order valence-electron chi connectivity index (χ0n) is 14.4. The van der Waals surface area contributed by atoms with Gasteiger partial charge in [0.15, 0.2) is 0 Å². The van der Waals surface area contributed by atoms with E-state index >= 15 is 0 Å². The first-order valence-corrected chi connectivity index (χ1v) is 7.93. The largest absolute Gasteiger partial charge is 0.443 e. The molecule has 8 heteroatoms. The van der Waals surface area contributed by atoms with Gasteiger partial charge in [-0.1, -0.05) is 24.3 Å². The van der Waals surface area contributed by atoms with E-state index in [0.29, 0.717) is 22.0 Å². The molecule has 26 heavy (non-hydrogen) atoms. The predicted molar refractivity (Wildman–Crippen MR) is 94.9 cm³/mol. The number of aromatic nitrogens is 3. The van der Waals surface area contributed by atoms with Gasteiger partial charge in [-0.2, -0.15) is 18.3 Å². The molecule has 4 nitrogen and oxygen atoms in total. The number of allylic oxidation sites excluding steroid dienone is 5. The van der Waals surface area contributed by atoms with Crippen LogP contribution in [0.3, 0.4) is 0 Å². The van der Waals surface area contributed by atoms with Crippen LogP contribution < -0.4 is 4.74 Å². The highest BCUT2D eigenvalue weighted by Crippen LogP contribution is 2.36. The second kappa shape index (κ2) is 7.78. The van der Waals surface area contributed by atoms with Gasteiger partial charge in [-0.25, -0.2) is 4.98 Å². The lowest BCUT2D eigenvalue weighted by molar-refractivity contribution is -0.0881. The van der Waals surface area contributed by atoms with E-state index in [4.69, 9.17) is 16.3 Å². The number of nitrogens with zero attached hydrogens (tertiary/aromatic N) is 3. The summed E-state index contributed by atoms with van der Waals surface area (Å²) in [7, 11) is 1.71. The third kappa shape index (κ3) is 4.35. The van der Waals surface area contributed by atoms with Crippen molar-refractivity contribution in [2.45, 2.75) is 20.0 Å². The minimum absolute atomic E-state index is 0.222. The molecular weight excluding hydrogens is 367 g/mol. The highest BCUT2D eigenvalue weighted by Gasteiger charge is 2.30. The van der Waals surface area contributed by atoms with E-state index in [1.807, 2.05) is 0 Å². The Hall–Kier alpha value is -2.54. The Morgan fingerprint density at radius 2 is 2.04 bits per heavy atom. The van der Waals surface area contributed by atoms with E-state index in [1.165, 1.54) is 23.9 Å². The molecule has 0 aliphatic carbocycles. The Balaban J connectivity index is 2.38. The molecule has 0 atom stereocenters. The third-order valence-corrected chi connectivity index (χ3v) is 3.93. The third-order valence-electron chi connectivity index (χ3n) is 3.50. The van der Waals surface area contributed by atoms with Gasteiger partial charge in [-0.15, -0.1) is 0 Å². The summed E-state index contributed by atoms with van der Waals surface area (Å²) >= 11 is 6.29. The van der Waals surface area contributed by atoms with Crippen molar-refractivity contribution in [1.29, 1.82) is 0 Å². The molecule has 0 amide bonds. The van der Waals surface area contributed by atoms with Crippen molar-refractivity contribution < 1.29 is 17.9 Å². The average molecular weight is 384 g/mol. The van der Waals surface area contributed by atoms with Crippen LogP contribution in [-0.4, -0.2) is 20.9 Å². The number of halogens is 4. The molecule has 0 aromatic carbocycles. The van der Waals surface area contributed by atoms with Gasteiger partial charge in [0.2, 0.25) is 5.88 Å². The van der Waals surface area contributed by atoms with Gasteiger partial charge in [-0.05, 0) is 38.1 Å². The summed E-state index contributed by atoms with van der Waals surface area (Å²) in [6, 6.07) is 3.47. The molecule has 2 heterocycles. The molecule has 0 saturated heterocycles. The Morgan fingerprint density at radius 3 is 2.58 bits per heavy atom. The number of ether oxygens (including phenoxy) is 1. The lowest BCUT2D eigenvalue weighted by atomic mass is 10.1. The normalized spacial score (nSPS) is 13.0. The second-order valence-corrected chi connectivity index (χ2v) is 5.79. The molecule has 0 aliphatic rings. The van der Waals surface area contributed by atoms with Crippen LogP contribution >= 0.6 is 11.6 Å². The lowest BCUT2D eigenvalue weighted by Gasteiger charge is -2.10. The molecular formula is C18H17ClF3N3O. The van der Waals surface area contributed by atoms with Crippen molar-refractivity contribution in [3.8, 4) is 17.0 Å². The number of pyridine rings is 1. The number of hydrogen-bond acceptors (Lipinski definition) is 3. The van der Waals surface area contributed by atoms with Crippen molar-refractivity contribution in [2.75, 3.05) is 0 Å². The predicted octanol–water partition coefficient (Wildman–Crippen LogP) is 5.40. The first-order valence-electron chi connectivity index (χ1n) is 7.55. The highest BCUT2D eigenvalue weighted by atomic mass is 35.5. The Morgan fingerprint density at radius 1 is 1.35 bits per heavy atom. The van der Waals surface area contributed by atoms with Crippen LogP contribution in [0.4, 0.5) is 13.2 Å². The van der Waals surface area contributed by atoms with Crippen molar-refractivity contribution in [3.05, 3.63) is 65.3 Å². The SMILES string of the molecule is C=C/C(=C\C=C(/C)Oc1ncccc1-c1c(C)nn(C)c1Cl)C(F)(F)F. The topological polar surface area (TPSA) is 39.9 Å². The molecule has 2 aromatic heterocycles. The van der Waals surface area contributed by atoms with Crippen molar-refractivity contribution in [3.63, 3.8) is 0 Å². The summed E-state index contributed by atoms with van der Waals surface area (Å²) in [4.78, 5) is 4.16. The van der Waals surface area contributed by atoms with Crippen LogP contribution in [-0.2, 0) is 7.05 Å². The van der Waals surface area contributed by atoms with Gasteiger partial charge in [0.1, 0.15) is 10.9 Å². The summed E-state index contributed by atoms with van der Waals surface area (Å²) in [5.74, 6) is 0.450. The van der Waals surface area contributed by atoms with E-state index in [-0.39, 0.29) is 11.6 Å². The minimum atomic E-state index is -4.48. The maximum atomic E-state index is 12.7. The number of alkyl halides is 3. The highest BCUT2D eigenvalue weighted by molar-refractivity contribution is 6.32. The molecule has 0 N–H and O–H groups in total. The fourth-order valence-electron chi connectivity index (χ4n) is 2.27. The first kappa shape index (κ1) is 19.8. The molecule has 2 aromatic rings. The molecule has 0 saturated carbocycles. The van der Waals surface area contributed by atoms with E-state index < -0.39 is 11.7 Å². The fraction of sp³-hybridized carbons (Fsp3) is 0.222. The van der Waals surface area contributed by atoms with Crippen molar-refractivity contribution >= 4 is 11.6 Å². The first-order chi connectivity index (χ1) is 12.1. The number of rotatable bonds is 5. The van der Waals surface area contributed by atoms with Crippen LogP contribution in [0.1, 0.15) is 12.6 Å². The van der Waals surface area contributed by atoms with Gasteiger partial charge in [0.05, 0.1) is 11.3 Å². The molecule has 0 fully saturated rings. The summed E-state index contributed by atoms with van der Waals surface area (Å²) in [5.41, 5.74) is 1.07. The quantitative estimate of drug-likeness (QED) is 0.512. The fourth-order valence-corrected chi connectivity index (χ4v) is 2.55. The van der Waals surface area contributed by atoms with Crippen molar-refractivity contribution in [2.24, 2.45) is 7.05 Å². The molecule has 0 bridgehead atoms. The van der Waals surface area contributed by atoms with Crippen LogP contribution in [0.15, 0.2) is 54.5 Å². The maximum absolute atomic E-state index is 12.7. The van der Waals surface area contributed by atoms with Crippen molar-refractivity contribution in [1.82, 2.24) is 14.8 Å². The summed E-state index contributed by atoms with van der Waals surface area (Å²) < 4.78 is 45.3. The standard InChI is InChI=1S/C18H17ClF3N3O/c1-5-13(18(20,21)22)9-8-11(2)26-17-14(7-6-10-23-17)15-12(3)24-25(4)16(15)19/h5-10H,1H2,2-4H3/b11-8+,13-9+. The molecule has 0 spiro atoms. The van der Waals surface area contributed by atoms with Crippen LogP contribution in [0.5, 0.6) is 5.88 Å². The summed E-state index contributed by atoms with van der Waals surface area (Å²) in [5, 5.41) is 4.66. The van der Waals surface area contributed by atoms with E-state index in [1.54, 1.807) is 26.1 Å². The smallest absolute Gasteiger partial charge is 0.416 e. The van der Waals surface area contributed by atoms with Gasteiger partial charge in [0, 0.05) is 24.4 Å². The molecule has 138 valence electrons. The van der Waals surface area contributed by atoms with Crippen LogP contribution in [0, 0.1) is 6.92 Å². The van der Waals surface area contributed by atoms with Crippen LogP contribution in [0.25, 0.3) is 11.1 Å². The summed E-state index contributed by atoms with van der Waals surface area (Å²) in [6.45, 7) is 6.50. The Kier molecular flexibility index (Phi) is 5.92. The zero-order valence-corrected chi connectivity index (χ0v) is 15.2. The van der Waals surface area contributed by atoms with Gasteiger partial charge in [-0.3, -0.25) is 4.68 Å². The molecule has 2 rings (SSSR count). The van der Waals surface area contributed by atoms with Crippen LogP contribution in [0.2, 0.25) is 5.15 Å². The maximum Gasteiger partial charge on any atom is 0.416 e. The Bertz CT molecular complexity index is 882. The monoisotopic (exact) mass is 383 g/mol. The molecule has 0 unspecified atom stereocenters. The van der Waals surface area contributed by atoms with Gasteiger partial charge < -0.3 is 4.74 Å². The Labute approximate surface area is 154 Å². The zero-order chi connectivity index (χ0) is 19.5. The van der Waals surface area contributed by atoms with Gasteiger partial charge >= 0.3 is 6.18 Å². The minimum Gasteiger partial charge on any atom is -0.443 e. The lowest BCUT2D eigenvalue weighted by Crippen LogP contribution is -2.09. The average Bonchev–Trinajstić information content (AvgIpc) is 2.80. The van der Waals surface area contributed by atoms with E-state index in [2.05, 4.69) is 16.7 Å². The number of aryl methyl sites for hydroxylation is 2. The molecule has 0 aliphatic heterocycles. The number of hydrogen-bond donors (Lipinski definition) is 0. The summed E-state index contributed by atoms with van der Waals surface area (Å²) in [6.07, 6.45) is -0.107. The second-order valence-electron chi connectivity index (χ2n) is 5.43. The van der Waals surface area contributed by atoms with E-state index in [9.17, 15) is 13.2 Å². The molecule has 0 radical (unpaired) electrons.